The fraction of sp³-hybridized carbons (Fsp3) is 0.250. The van der Waals surface area contributed by atoms with Crippen molar-refractivity contribution < 1.29 is 22.4 Å². The van der Waals surface area contributed by atoms with Crippen molar-refractivity contribution in [2.45, 2.75) is 18.7 Å². The molecule has 2 rings (SSSR count). The maximum absolute atomic E-state index is 12.6. The molecule has 0 aliphatic rings. The zero-order valence-corrected chi connectivity index (χ0v) is 15.7. The maximum atomic E-state index is 12.6. The summed E-state index contributed by atoms with van der Waals surface area (Å²) in [6.45, 7) is 4.02. The van der Waals surface area contributed by atoms with Crippen LogP contribution in [0.15, 0.2) is 45.9 Å². The summed E-state index contributed by atoms with van der Waals surface area (Å²) < 4.78 is 31.3. The molecule has 0 radical (unpaired) electrons. The Morgan fingerprint density at radius 3 is 2.35 bits per heavy atom. The van der Waals surface area contributed by atoms with Crippen molar-refractivity contribution in [1.29, 1.82) is 0 Å². The third-order valence-electron chi connectivity index (χ3n) is 3.56. The van der Waals surface area contributed by atoms with Gasteiger partial charge in [0.2, 0.25) is 10.0 Å². The molecule has 0 aliphatic heterocycles. The second kappa shape index (κ2) is 8.35. The molecular formula is C16H18ClN3O5S. The van der Waals surface area contributed by atoms with Crippen molar-refractivity contribution in [2.75, 3.05) is 13.1 Å². The molecule has 0 saturated carbocycles. The number of hydrogen-bond donors (Lipinski definition) is 2. The third kappa shape index (κ3) is 4.24. The number of amides is 2. The van der Waals surface area contributed by atoms with Gasteiger partial charge in [0, 0.05) is 13.1 Å². The smallest absolute Gasteiger partial charge is 0.305 e. The number of furan rings is 1. The molecule has 0 saturated heterocycles. The number of sulfonamides is 1. The van der Waals surface area contributed by atoms with Gasteiger partial charge in [-0.3, -0.25) is 20.4 Å². The van der Waals surface area contributed by atoms with Gasteiger partial charge in [-0.1, -0.05) is 25.4 Å². The normalized spacial score (nSPS) is 11.4. The number of carbonyl (C=O) groups excluding carboxylic acids is 2. The van der Waals surface area contributed by atoms with E-state index >= 15 is 0 Å². The van der Waals surface area contributed by atoms with Crippen LogP contribution in [0.5, 0.6) is 0 Å². The Morgan fingerprint density at radius 1 is 1.12 bits per heavy atom. The predicted molar refractivity (Wildman–Crippen MR) is 95.2 cm³/mol. The summed E-state index contributed by atoms with van der Waals surface area (Å²) in [5, 5.41) is 0.0493. The Labute approximate surface area is 156 Å². The minimum absolute atomic E-state index is 0.00857. The van der Waals surface area contributed by atoms with Crippen molar-refractivity contribution in [2.24, 2.45) is 0 Å². The molecule has 0 atom stereocenters. The van der Waals surface area contributed by atoms with E-state index in [0.717, 1.165) is 0 Å². The van der Waals surface area contributed by atoms with Gasteiger partial charge in [-0.25, -0.2) is 8.42 Å². The summed E-state index contributed by atoms with van der Waals surface area (Å²) in [4.78, 5) is 24.0. The average molecular weight is 400 g/mol. The highest BCUT2D eigenvalue weighted by molar-refractivity contribution is 7.89. The molecule has 0 fully saturated rings. The summed E-state index contributed by atoms with van der Waals surface area (Å²) in [6.07, 6.45) is 1.31. The summed E-state index contributed by atoms with van der Waals surface area (Å²) >= 11 is 6.00. The molecular weight excluding hydrogens is 382 g/mol. The Hall–Kier alpha value is -2.36. The van der Waals surface area contributed by atoms with E-state index in [1.165, 1.54) is 40.9 Å². The van der Waals surface area contributed by atoms with Crippen LogP contribution in [0.2, 0.25) is 5.02 Å². The Bertz CT molecular complexity index is 893. The van der Waals surface area contributed by atoms with Crippen LogP contribution in [0.4, 0.5) is 0 Å². The first kappa shape index (κ1) is 20.0. The highest BCUT2D eigenvalue weighted by Crippen LogP contribution is 2.23. The molecule has 140 valence electrons. The van der Waals surface area contributed by atoms with E-state index in [0.29, 0.717) is 13.1 Å². The van der Waals surface area contributed by atoms with Gasteiger partial charge in [-0.2, -0.15) is 4.31 Å². The van der Waals surface area contributed by atoms with E-state index in [2.05, 4.69) is 10.9 Å². The predicted octanol–water partition coefficient (Wildman–Crippen LogP) is 2.04. The molecule has 2 aromatic rings. The number of carbonyl (C=O) groups is 2. The monoisotopic (exact) mass is 399 g/mol. The molecule has 0 bridgehead atoms. The highest BCUT2D eigenvalue weighted by atomic mass is 35.5. The second-order valence-electron chi connectivity index (χ2n) is 5.12. The zero-order valence-electron chi connectivity index (χ0n) is 14.2. The standard InChI is InChI=1S/C16H18ClN3O5S/c1-3-20(4-2)26(23,24)11-7-8-13(17)12(10-11)15(21)18-19-16(22)14-6-5-9-25-14/h5-10H,3-4H2,1-2H3,(H,18,21)(H,19,22). The largest absolute Gasteiger partial charge is 0.459 e. The fourth-order valence-electron chi connectivity index (χ4n) is 2.20. The zero-order chi connectivity index (χ0) is 19.3. The molecule has 2 amide bonds. The van der Waals surface area contributed by atoms with Gasteiger partial charge in [-0.15, -0.1) is 0 Å². The molecule has 8 nitrogen and oxygen atoms in total. The number of hydrazine groups is 1. The SMILES string of the molecule is CCN(CC)S(=O)(=O)c1ccc(Cl)c(C(=O)NNC(=O)c2ccco2)c1. The molecule has 0 aliphatic carbocycles. The molecule has 1 aromatic carbocycles. The van der Waals surface area contributed by atoms with Crippen LogP contribution in [0.1, 0.15) is 34.8 Å². The van der Waals surface area contributed by atoms with Crippen LogP contribution < -0.4 is 10.9 Å². The lowest BCUT2D eigenvalue weighted by molar-refractivity contribution is 0.0831. The van der Waals surface area contributed by atoms with Crippen molar-refractivity contribution in [1.82, 2.24) is 15.2 Å². The van der Waals surface area contributed by atoms with Crippen molar-refractivity contribution in [3.8, 4) is 0 Å². The number of hydrogen-bond acceptors (Lipinski definition) is 5. The van der Waals surface area contributed by atoms with Gasteiger partial charge in [0.1, 0.15) is 0 Å². The van der Waals surface area contributed by atoms with Gasteiger partial charge in [-0.05, 0) is 30.3 Å². The fourth-order valence-corrected chi connectivity index (χ4v) is 3.89. The van der Waals surface area contributed by atoms with E-state index in [1.807, 2.05) is 0 Å². The van der Waals surface area contributed by atoms with Crippen LogP contribution in [0.3, 0.4) is 0 Å². The van der Waals surface area contributed by atoms with Crippen molar-refractivity contribution >= 4 is 33.4 Å². The van der Waals surface area contributed by atoms with E-state index in [-0.39, 0.29) is 21.2 Å². The summed E-state index contributed by atoms with van der Waals surface area (Å²) in [5.74, 6) is -1.41. The third-order valence-corrected chi connectivity index (χ3v) is 5.94. The van der Waals surface area contributed by atoms with Crippen LogP contribution in [0.25, 0.3) is 0 Å². The molecule has 0 unspecified atom stereocenters. The number of nitrogens with zero attached hydrogens (tertiary/aromatic N) is 1. The van der Waals surface area contributed by atoms with E-state index in [4.69, 9.17) is 16.0 Å². The lowest BCUT2D eigenvalue weighted by Crippen LogP contribution is -2.41. The number of halogens is 1. The van der Waals surface area contributed by atoms with E-state index in [9.17, 15) is 18.0 Å². The first-order valence-electron chi connectivity index (χ1n) is 7.75. The van der Waals surface area contributed by atoms with Gasteiger partial charge in [0.15, 0.2) is 5.76 Å². The van der Waals surface area contributed by atoms with Gasteiger partial charge in [0.05, 0.1) is 21.7 Å². The van der Waals surface area contributed by atoms with Crippen LogP contribution in [-0.4, -0.2) is 37.6 Å². The highest BCUT2D eigenvalue weighted by Gasteiger charge is 2.24. The molecule has 10 heteroatoms. The Kier molecular flexibility index (Phi) is 6.41. The maximum Gasteiger partial charge on any atom is 0.305 e. The minimum Gasteiger partial charge on any atom is -0.459 e. The Morgan fingerprint density at radius 2 is 1.77 bits per heavy atom. The summed E-state index contributed by atoms with van der Waals surface area (Å²) in [6, 6.07) is 6.76. The summed E-state index contributed by atoms with van der Waals surface area (Å²) in [5.41, 5.74) is 4.25. The lowest BCUT2D eigenvalue weighted by atomic mass is 10.2. The van der Waals surface area contributed by atoms with E-state index < -0.39 is 21.8 Å². The first-order valence-corrected chi connectivity index (χ1v) is 9.57. The van der Waals surface area contributed by atoms with Crippen molar-refractivity contribution in [3.05, 3.63) is 52.9 Å². The van der Waals surface area contributed by atoms with Crippen LogP contribution in [0, 0.1) is 0 Å². The average Bonchev–Trinajstić information content (AvgIpc) is 3.15. The first-order chi connectivity index (χ1) is 12.3. The van der Waals surface area contributed by atoms with Gasteiger partial charge < -0.3 is 4.42 Å². The van der Waals surface area contributed by atoms with Gasteiger partial charge >= 0.3 is 5.91 Å². The molecule has 0 spiro atoms. The lowest BCUT2D eigenvalue weighted by Gasteiger charge is -2.19. The van der Waals surface area contributed by atoms with Crippen LogP contribution >= 0.6 is 11.6 Å². The van der Waals surface area contributed by atoms with Crippen molar-refractivity contribution in [3.63, 3.8) is 0 Å². The number of benzene rings is 1. The number of nitrogens with one attached hydrogen (secondary N) is 2. The van der Waals surface area contributed by atoms with Crippen LogP contribution in [-0.2, 0) is 10.0 Å². The second-order valence-corrected chi connectivity index (χ2v) is 7.46. The molecule has 2 N–H and O–H groups in total. The Balaban J connectivity index is 2.21. The van der Waals surface area contributed by atoms with E-state index in [1.54, 1.807) is 13.8 Å². The molecule has 1 heterocycles. The number of rotatable bonds is 6. The van der Waals surface area contributed by atoms with Gasteiger partial charge in [0.25, 0.3) is 5.91 Å². The quantitative estimate of drug-likeness (QED) is 0.722. The summed E-state index contributed by atoms with van der Waals surface area (Å²) in [7, 11) is -3.75. The molecule has 1 aromatic heterocycles. The minimum atomic E-state index is -3.75. The molecule has 26 heavy (non-hydrogen) atoms. The topological polar surface area (TPSA) is 109 Å².